The summed E-state index contributed by atoms with van der Waals surface area (Å²) in [7, 11) is 0.844. The molecule has 2 nitrogen and oxygen atoms in total. The molecule has 15 heavy (non-hydrogen) atoms. The van der Waals surface area contributed by atoms with Crippen LogP contribution in [0.15, 0.2) is 0 Å². The average molecular weight is 228 g/mol. The van der Waals surface area contributed by atoms with Gasteiger partial charge in [0.1, 0.15) is 10.5 Å². The molecule has 1 aliphatic heterocycles. The van der Waals surface area contributed by atoms with E-state index in [0.29, 0.717) is 18.1 Å². The lowest BCUT2D eigenvalue weighted by atomic mass is 9.72. The second kappa shape index (κ2) is 4.19. The van der Waals surface area contributed by atoms with E-state index in [1.807, 2.05) is 0 Å². The van der Waals surface area contributed by atoms with E-state index in [2.05, 4.69) is 20.8 Å². The number of epoxide rings is 1. The molecule has 1 saturated carbocycles. The number of fused-ring (bicyclic) bond motifs is 1. The van der Waals surface area contributed by atoms with Crippen molar-refractivity contribution in [1.82, 2.24) is 0 Å². The molecule has 2 rings (SSSR count). The molecule has 1 saturated heterocycles. The lowest BCUT2D eigenvalue weighted by molar-refractivity contribution is 0.00999. The Bertz CT molecular complexity index is 230. The van der Waals surface area contributed by atoms with Crippen molar-refractivity contribution in [2.45, 2.75) is 64.3 Å². The lowest BCUT2D eigenvalue weighted by Crippen LogP contribution is -2.39. The van der Waals surface area contributed by atoms with Gasteiger partial charge in [-0.25, -0.2) is 0 Å². The first-order chi connectivity index (χ1) is 7.08. The molecule has 0 N–H and O–H groups in total. The normalized spacial score (nSPS) is 37.4. The Labute approximate surface area is 96.3 Å². The van der Waals surface area contributed by atoms with Crippen molar-refractivity contribution in [3.8, 4) is 0 Å². The van der Waals surface area contributed by atoms with E-state index in [1.54, 1.807) is 0 Å². The quantitative estimate of drug-likeness (QED) is 0.539. The van der Waals surface area contributed by atoms with Gasteiger partial charge in [-0.15, -0.1) is 0 Å². The summed E-state index contributed by atoms with van der Waals surface area (Å²) in [6.45, 7) is 6.81. The summed E-state index contributed by atoms with van der Waals surface area (Å²) in [5, 5.41) is 0. The van der Waals surface area contributed by atoms with E-state index in [4.69, 9.17) is 9.16 Å². The Morgan fingerprint density at radius 3 is 2.67 bits per heavy atom. The third-order valence-corrected chi connectivity index (χ3v) is 5.52. The van der Waals surface area contributed by atoms with Crippen molar-refractivity contribution >= 4 is 10.5 Å². The van der Waals surface area contributed by atoms with Crippen molar-refractivity contribution < 1.29 is 9.16 Å². The maximum absolute atomic E-state index is 5.79. The topological polar surface area (TPSA) is 21.8 Å². The highest BCUT2D eigenvalue weighted by Crippen LogP contribution is 2.45. The molecule has 4 unspecified atom stereocenters. The van der Waals surface area contributed by atoms with Gasteiger partial charge < -0.3 is 9.16 Å². The van der Waals surface area contributed by atoms with Gasteiger partial charge in [-0.3, -0.25) is 0 Å². The highest BCUT2D eigenvalue weighted by atomic mass is 28.2. The van der Waals surface area contributed by atoms with Crippen LogP contribution < -0.4 is 0 Å². The minimum absolute atomic E-state index is 0.0768. The third-order valence-electron chi connectivity index (χ3n) is 4.47. The molecular weight excluding hydrogens is 204 g/mol. The summed E-state index contributed by atoms with van der Waals surface area (Å²) >= 11 is 0. The Morgan fingerprint density at radius 2 is 2.13 bits per heavy atom. The fourth-order valence-corrected chi connectivity index (χ4v) is 3.65. The first-order valence-corrected chi connectivity index (χ1v) is 7.10. The summed E-state index contributed by atoms with van der Waals surface area (Å²) < 4.78 is 11.4. The summed E-state index contributed by atoms with van der Waals surface area (Å²) in [4.78, 5) is 0. The first-order valence-electron chi connectivity index (χ1n) is 6.29. The fourth-order valence-electron chi connectivity index (χ4n) is 3.34. The number of rotatable bonds is 4. The van der Waals surface area contributed by atoms with E-state index in [0.717, 1.165) is 16.4 Å². The van der Waals surface area contributed by atoms with Crippen LogP contribution in [0.1, 0.15) is 46.5 Å². The minimum atomic E-state index is 0.0768. The molecule has 0 amide bonds. The van der Waals surface area contributed by atoms with Gasteiger partial charge in [-0.05, 0) is 44.9 Å². The van der Waals surface area contributed by atoms with Gasteiger partial charge in [-0.1, -0.05) is 13.3 Å². The molecule has 4 atom stereocenters. The van der Waals surface area contributed by atoms with Crippen molar-refractivity contribution in [1.29, 1.82) is 0 Å². The second-order valence-electron chi connectivity index (χ2n) is 5.61. The molecule has 1 aliphatic carbocycles. The maximum Gasteiger partial charge on any atom is 0.146 e. The molecule has 3 heteroatoms. The maximum atomic E-state index is 5.79. The number of hydrogen-bond acceptors (Lipinski definition) is 2. The Balaban J connectivity index is 1.99. The molecule has 0 aromatic heterocycles. The molecule has 0 aromatic rings. The van der Waals surface area contributed by atoms with E-state index >= 15 is 0 Å². The van der Waals surface area contributed by atoms with E-state index in [1.165, 1.54) is 25.7 Å². The summed E-state index contributed by atoms with van der Waals surface area (Å²) in [5.41, 5.74) is 0.0768. The SMILES string of the molecule is CCC(C1CCC2OC2C1)C(C)(C)O[SiH3]. The molecule has 0 aromatic carbocycles. The van der Waals surface area contributed by atoms with E-state index in [9.17, 15) is 0 Å². The average Bonchev–Trinajstić information content (AvgIpc) is 2.96. The molecular formula is C12H24O2Si. The van der Waals surface area contributed by atoms with Crippen molar-refractivity contribution in [3.63, 3.8) is 0 Å². The number of ether oxygens (including phenoxy) is 1. The van der Waals surface area contributed by atoms with Crippen LogP contribution in [0.2, 0.25) is 0 Å². The Kier molecular flexibility index (Phi) is 3.24. The molecule has 0 spiro atoms. The van der Waals surface area contributed by atoms with Crippen LogP contribution in [0.3, 0.4) is 0 Å². The molecule has 0 radical (unpaired) electrons. The van der Waals surface area contributed by atoms with Crippen molar-refractivity contribution in [3.05, 3.63) is 0 Å². The van der Waals surface area contributed by atoms with Gasteiger partial charge >= 0.3 is 0 Å². The van der Waals surface area contributed by atoms with Crippen LogP contribution in [0.5, 0.6) is 0 Å². The zero-order valence-corrected chi connectivity index (χ0v) is 12.5. The van der Waals surface area contributed by atoms with Gasteiger partial charge in [0, 0.05) is 0 Å². The molecule has 2 fully saturated rings. The summed E-state index contributed by atoms with van der Waals surface area (Å²) in [6.07, 6.45) is 6.35. The molecule has 0 bridgehead atoms. The van der Waals surface area contributed by atoms with Crippen LogP contribution in [-0.4, -0.2) is 28.3 Å². The van der Waals surface area contributed by atoms with Gasteiger partial charge in [-0.2, -0.15) is 0 Å². The monoisotopic (exact) mass is 228 g/mol. The zero-order chi connectivity index (χ0) is 11.1. The fraction of sp³-hybridized carbons (Fsp3) is 1.00. The predicted octanol–water partition coefficient (Wildman–Crippen LogP) is 1.66. The highest BCUT2D eigenvalue weighted by Gasteiger charge is 2.47. The van der Waals surface area contributed by atoms with Crippen LogP contribution in [-0.2, 0) is 9.16 Å². The highest BCUT2D eigenvalue weighted by molar-refractivity contribution is 5.98. The number of hydrogen-bond donors (Lipinski definition) is 0. The summed E-state index contributed by atoms with van der Waals surface area (Å²) in [5.74, 6) is 1.53. The van der Waals surface area contributed by atoms with E-state index in [-0.39, 0.29) is 5.60 Å². The largest absolute Gasteiger partial charge is 0.423 e. The van der Waals surface area contributed by atoms with Crippen molar-refractivity contribution in [2.75, 3.05) is 0 Å². The minimum Gasteiger partial charge on any atom is -0.423 e. The molecule has 88 valence electrons. The van der Waals surface area contributed by atoms with Crippen LogP contribution in [0.25, 0.3) is 0 Å². The first kappa shape index (κ1) is 11.6. The van der Waals surface area contributed by atoms with Crippen molar-refractivity contribution in [2.24, 2.45) is 11.8 Å². The second-order valence-corrected chi connectivity index (χ2v) is 6.02. The van der Waals surface area contributed by atoms with Gasteiger partial charge in [0.2, 0.25) is 0 Å². The molecule has 2 aliphatic rings. The van der Waals surface area contributed by atoms with E-state index < -0.39 is 0 Å². The van der Waals surface area contributed by atoms with Gasteiger partial charge in [0.25, 0.3) is 0 Å². The molecule has 1 heterocycles. The van der Waals surface area contributed by atoms with Crippen LogP contribution in [0, 0.1) is 11.8 Å². The lowest BCUT2D eigenvalue weighted by Gasteiger charge is -2.39. The smallest absolute Gasteiger partial charge is 0.146 e. The van der Waals surface area contributed by atoms with Crippen LogP contribution >= 0.6 is 0 Å². The van der Waals surface area contributed by atoms with Crippen LogP contribution in [0.4, 0.5) is 0 Å². The Morgan fingerprint density at radius 1 is 1.40 bits per heavy atom. The van der Waals surface area contributed by atoms with Gasteiger partial charge in [0.15, 0.2) is 0 Å². The Hall–Kier alpha value is 0.137. The summed E-state index contributed by atoms with van der Waals surface area (Å²) in [6, 6.07) is 0. The standard InChI is InChI=1S/C12H24O2Si/c1-4-9(12(2,3)14-15)8-5-6-10-11(7-8)13-10/h8-11H,4-7H2,1-3,15H3. The third kappa shape index (κ3) is 2.29. The predicted molar refractivity (Wildman–Crippen MR) is 64.9 cm³/mol. The van der Waals surface area contributed by atoms with Gasteiger partial charge in [0.05, 0.1) is 17.8 Å². The zero-order valence-electron chi connectivity index (χ0n) is 10.5.